The molecule has 106 valence electrons. The summed E-state index contributed by atoms with van der Waals surface area (Å²) in [7, 11) is 0. The number of Topliss-reactive ketones (excluding diaryl/α,β-unsaturated/α-hetero) is 1. The zero-order valence-electron chi connectivity index (χ0n) is 11.7. The highest BCUT2D eigenvalue weighted by Crippen LogP contribution is 2.24. The summed E-state index contributed by atoms with van der Waals surface area (Å²) in [6, 6.07) is 11.3. The van der Waals surface area contributed by atoms with Gasteiger partial charge in [-0.1, -0.05) is 30.3 Å². The van der Waals surface area contributed by atoms with Crippen LogP contribution in [0.5, 0.6) is 0 Å². The summed E-state index contributed by atoms with van der Waals surface area (Å²) in [4.78, 5) is 16.7. The van der Waals surface area contributed by atoms with Crippen LogP contribution in [0.2, 0.25) is 0 Å². The monoisotopic (exact) mass is 297 g/mol. The number of thiazole rings is 1. The normalized spacial score (nSPS) is 10.7. The molecule has 0 aliphatic heterocycles. The van der Waals surface area contributed by atoms with E-state index in [1.165, 1.54) is 0 Å². The number of nitrogens with zero attached hydrogens (tertiary/aromatic N) is 3. The molecule has 0 N–H and O–H groups in total. The van der Waals surface area contributed by atoms with Crippen molar-refractivity contribution in [3.05, 3.63) is 59.2 Å². The minimum Gasteiger partial charge on any atom is -0.294 e. The highest BCUT2D eigenvalue weighted by Gasteiger charge is 2.12. The third-order valence-corrected chi connectivity index (χ3v) is 4.14. The van der Waals surface area contributed by atoms with Gasteiger partial charge in [0.2, 0.25) is 0 Å². The molecule has 0 atom stereocenters. The van der Waals surface area contributed by atoms with E-state index >= 15 is 0 Å². The topological polar surface area (TPSA) is 47.8 Å². The molecule has 0 aliphatic rings. The number of ketones is 1. The lowest BCUT2D eigenvalue weighted by molar-refractivity contribution is 0.0992. The molecule has 0 saturated heterocycles. The lowest BCUT2D eigenvalue weighted by atomic mass is 10.1. The van der Waals surface area contributed by atoms with Gasteiger partial charge in [-0.3, -0.25) is 9.48 Å². The molecule has 0 spiro atoms. The average molecular weight is 297 g/mol. The smallest absolute Gasteiger partial charge is 0.168 e. The van der Waals surface area contributed by atoms with Crippen LogP contribution >= 0.6 is 11.3 Å². The molecule has 0 amide bonds. The fourth-order valence-corrected chi connectivity index (χ4v) is 3.01. The highest BCUT2D eigenvalue weighted by molar-refractivity contribution is 7.13. The van der Waals surface area contributed by atoms with Gasteiger partial charge in [-0.15, -0.1) is 11.3 Å². The molecule has 5 heteroatoms. The van der Waals surface area contributed by atoms with Gasteiger partial charge in [0.15, 0.2) is 5.78 Å². The van der Waals surface area contributed by atoms with E-state index < -0.39 is 0 Å². The molecule has 0 saturated carbocycles. The number of hydrogen-bond donors (Lipinski definition) is 0. The van der Waals surface area contributed by atoms with Crippen molar-refractivity contribution in [2.45, 2.75) is 19.9 Å². The Morgan fingerprint density at radius 3 is 2.81 bits per heavy atom. The second-order valence-electron chi connectivity index (χ2n) is 4.64. The number of aryl methyl sites for hydroxylation is 1. The lowest BCUT2D eigenvalue weighted by Crippen LogP contribution is -2.03. The van der Waals surface area contributed by atoms with Gasteiger partial charge >= 0.3 is 0 Å². The molecule has 4 nitrogen and oxygen atoms in total. The van der Waals surface area contributed by atoms with Gasteiger partial charge in [0.25, 0.3) is 0 Å². The molecule has 0 fully saturated rings. The van der Waals surface area contributed by atoms with Crippen molar-refractivity contribution in [2.75, 3.05) is 0 Å². The van der Waals surface area contributed by atoms with E-state index in [0.717, 1.165) is 28.5 Å². The van der Waals surface area contributed by atoms with Crippen molar-refractivity contribution >= 4 is 17.1 Å². The highest BCUT2D eigenvalue weighted by atomic mass is 32.1. The van der Waals surface area contributed by atoms with Crippen LogP contribution in [0.15, 0.2) is 48.0 Å². The number of rotatable bonds is 5. The van der Waals surface area contributed by atoms with Crippen LogP contribution in [0.3, 0.4) is 0 Å². The van der Waals surface area contributed by atoms with E-state index in [9.17, 15) is 4.79 Å². The molecular formula is C16H15N3OS. The van der Waals surface area contributed by atoms with Gasteiger partial charge in [0, 0.05) is 23.7 Å². The molecule has 21 heavy (non-hydrogen) atoms. The standard InChI is InChI=1S/C16H15N3OS/c1-2-19-14(8-9-17-19)16-18-13(11-21-16)10-15(20)12-6-4-3-5-7-12/h3-9,11H,2,10H2,1H3. The van der Waals surface area contributed by atoms with E-state index in [1.807, 2.05) is 53.4 Å². The molecule has 0 unspecified atom stereocenters. The first-order valence-corrected chi connectivity index (χ1v) is 7.70. The van der Waals surface area contributed by atoms with Gasteiger partial charge in [0.1, 0.15) is 5.01 Å². The molecule has 2 aromatic heterocycles. The minimum atomic E-state index is 0.0939. The van der Waals surface area contributed by atoms with Crippen molar-refractivity contribution in [1.82, 2.24) is 14.8 Å². The summed E-state index contributed by atoms with van der Waals surface area (Å²) in [6.07, 6.45) is 2.11. The Kier molecular flexibility index (Phi) is 3.92. The quantitative estimate of drug-likeness (QED) is 0.678. The van der Waals surface area contributed by atoms with Crippen LogP contribution in [-0.4, -0.2) is 20.5 Å². The van der Waals surface area contributed by atoms with Crippen LogP contribution in [0.4, 0.5) is 0 Å². The lowest BCUT2D eigenvalue weighted by Gasteiger charge is -2.00. The van der Waals surface area contributed by atoms with Gasteiger partial charge in [0.05, 0.1) is 17.8 Å². The molecule has 0 radical (unpaired) electrons. The van der Waals surface area contributed by atoms with Gasteiger partial charge < -0.3 is 0 Å². The molecule has 3 aromatic rings. The summed E-state index contributed by atoms with van der Waals surface area (Å²) in [5, 5.41) is 7.10. The Hall–Kier alpha value is -2.27. The van der Waals surface area contributed by atoms with Crippen LogP contribution in [0.1, 0.15) is 23.0 Å². The first-order valence-electron chi connectivity index (χ1n) is 6.82. The largest absolute Gasteiger partial charge is 0.294 e. The number of aromatic nitrogens is 3. The Labute approximate surface area is 127 Å². The first-order chi connectivity index (χ1) is 10.3. The van der Waals surface area contributed by atoms with Crippen LogP contribution < -0.4 is 0 Å². The SMILES string of the molecule is CCn1nccc1-c1nc(CC(=O)c2ccccc2)cs1. The summed E-state index contributed by atoms with van der Waals surface area (Å²) >= 11 is 1.55. The summed E-state index contributed by atoms with van der Waals surface area (Å²) in [6.45, 7) is 2.85. The van der Waals surface area contributed by atoms with Gasteiger partial charge in [-0.05, 0) is 13.0 Å². The van der Waals surface area contributed by atoms with Gasteiger partial charge in [-0.2, -0.15) is 5.10 Å². The average Bonchev–Trinajstić information content (AvgIpc) is 3.16. The Balaban J connectivity index is 1.78. The van der Waals surface area contributed by atoms with E-state index in [0.29, 0.717) is 6.42 Å². The van der Waals surface area contributed by atoms with Crippen molar-refractivity contribution < 1.29 is 4.79 Å². The van der Waals surface area contributed by atoms with Crippen LogP contribution in [0.25, 0.3) is 10.7 Å². The number of hydrogen-bond acceptors (Lipinski definition) is 4. The molecule has 3 rings (SSSR count). The molecule has 0 bridgehead atoms. The van der Waals surface area contributed by atoms with Gasteiger partial charge in [-0.25, -0.2) is 4.98 Å². The maximum Gasteiger partial charge on any atom is 0.168 e. The van der Waals surface area contributed by atoms with Crippen molar-refractivity contribution in [3.8, 4) is 10.7 Å². The van der Waals surface area contributed by atoms with E-state index in [4.69, 9.17) is 0 Å². The maximum atomic E-state index is 12.2. The van der Waals surface area contributed by atoms with Crippen molar-refractivity contribution in [2.24, 2.45) is 0 Å². The third-order valence-electron chi connectivity index (χ3n) is 3.22. The minimum absolute atomic E-state index is 0.0939. The third kappa shape index (κ3) is 2.92. The Morgan fingerprint density at radius 1 is 1.24 bits per heavy atom. The molecule has 1 aromatic carbocycles. The number of carbonyl (C=O) groups excluding carboxylic acids is 1. The van der Waals surface area contributed by atoms with Crippen LogP contribution in [0, 0.1) is 0 Å². The van der Waals surface area contributed by atoms with E-state index in [2.05, 4.69) is 10.1 Å². The number of benzene rings is 1. The first kappa shape index (κ1) is 13.7. The Morgan fingerprint density at radius 2 is 2.05 bits per heavy atom. The van der Waals surface area contributed by atoms with Crippen molar-refractivity contribution in [3.63, 3.8) is 0 Å². The predicted molar refractivity (Wildman–Crippen MR) is 83.5 cm³/mol. The van der Waals surface area contributed by atoms with E-state index in [1.54, 1.807) is 17.5 Å². The summed E-state index contributed by atoms with van der Waals surface area (Å²) in [5.74, 6) is 0.0939. The summed E-state index contributed by atoms with van der Waals surface area (Å²) < 4.78 is 1.90. The Bertz CT molecular complexity index is 746. The van der Waals surface area contributed by atoms with E-state index in [-0.39, 0.29) is 5.78 Å². The van der Waals surface area contributed by atoms with Crippen LogP contribution in [-0.2, 0) is 13.0 Å². The summed E-state index contributed by atoms with van der Waals surface area (Å²) in [5.41, 5.74) is 2.54. The molecular weight excluding hydrogens is 282 g/mol. The zero-order valence-corrected chi connectivity index (χ0v) is 12.5. The van der Waals surface area contributed by atoms with Crippen molar-refractivity contribution in [1.29, 1.82) is 0 Å². The second kappa shape index (κ2) is 6.01. The molecule has 2 heterocycles. The zero-order chi connectivity index (χ0) is 14.7. The molecule has 0 aliphatic carbocycles. The maximum absolute atomic E-state index is 12.2. The predicted octanol–water partition coefficient (Wildman–Crippen LogP) is 3.45. The fraction of sp³-hybridized carbons (Fsp3) is 0.188. The number of carbonyl (C=O) groups is 1. The fourth-order valence-electron chi connectivity index (χ4n) is 2.16. The second-order valence-corrected chi connectivity index (χ2v) is 5.50.